The van der Waals surface area contributed by atoms with E-state index < -0.39 is 0 Å². The summed E-state index contributed by atoms with van der Waals surface area (Å²) >= 11 is 0. The summed E-state index contributed by atoms with van der Waals surface area (Å²) in [6, 6.07) is 1.60. The Bertz CT molecular complexity index is 263. The molecule has 2 aliphatic heterocycles. The number of rotatable bonds is 2. The van der Waals surface area contributed by atoms with Crippen molar-refractivity contribution in [2.24, 2.45) is 11.3 Å². The van der Waals surface area contributed by atoms with Crippen molar-refractivity contribution >= 4 is 0 Å². The third kappa shape index (κ3) is 3.95. The van der Waals surface area contributed by atoms with E-state index >= 15 is 0 Å². The molecular formula is C17H34N2. The molecule has 2 nitrogen and oxygen atoms in total. The van der Waals surface area contributed by atoms with Gasteiger partial charge in [-0.3, -0.25) is 0 Å². The van der Waals surface area contributed by atoms with Gasteiger partial charge in [0.05, 0.1) is 0 Å². The van der Waals surface area contributed by atoms with Gasteiger partial charge in [-0.2, -0.15) is 0 Å². The van der Waals surface area contributed by atoms with Gasteiger partial charge in [-0.25, -0.2) is 0 Å². The Balaban J connectivity index is 1.77. The van der Waals surface area contributed by atoms with Crippen molar-refractivity contribution in [1.29, 1.82) is 0 Å². The van der Waals surface area contributed by atoms with Crippen molar-refractivity contribution in [2.75, 3.05) is 26.2 Å². The number of hydrogen-bond acceptors (Lipinski definition) is 2. The van der Waals surface area contributed by atoms with Crippen molar-refractivity contribution < 1.29 is 0 Å². The predicted molar refractivity (Wildman–Crippen MR) is 83.5 cm³/mol. The quantitative estimate of drug-likeness (QED) is 0.753. The van der Waals surface area contributed by atoms with Gasteiger partial charge in [-0.1, -0.05) is 20.8 Å². The molecule has 0 aromatic carbocycles. The van der Waals surface area contributed by atoms with E-state index in [1.807, 2.05) is 0 Å². The first kappa shape index (κ1) is 15.3. The van der Waals surface area contributed by atoms with Gasteiger partial charge < -0.3 is 9.80 Å². The molecule has 2 heteroatoms. The molecule has 0 saturated carbocycles. The van der Waals surface area contributed by atoms with Crippen LogP contribution in [-0.4, -0.2) is 48.1 Å². The van der Waals surface area contributed by atoms with Crippen LogP contribution in [0.2, 0.25) is 0 Å². The minimum absolute atomic E-state index is 0.507. The molecular weight excluding hydrogens is 232 g/mol. The van der Waals surface area contributed by atoms with E-state index in [0.29, 0.717) is 5.41 Å². The highest BCUT2D eigenvalue weighted by atomic mass is 15.2. The lowest BCUT2D eigenvalue weighted by Gasteiger charge is -2.45. The molecule has 2 heterocycles. The standard InChI is InChI=1S/C17H34N2/c1-14(2)18-12-8-16(9-13-18)19-10-6-15(7-11-19)17(3,4)5/h14-16H,6-13H2,1-5H3. The summed E-state index contributed by atoms with van der Waals surface area (Å²) in [4.78, 5) is 5.43. The number of hydrogen-bond donors (Lipinski definition) is 0. The lowest BCUT2D eigenvalue weighted by Crippen LogP contribution is -2.49. The van der Waals surface area contributed by atoms with Gasteiger partial charge in [0.2, 0.25) is 0 Å². The van der Waals surface area contributed by atoms with E-state index in [-0.39, 0.29) is 0 Å². The topological polar surface area (TPSA) is 6.48 Å². The summed E-state index contributed by atoms with van der Waals surface area (Å²) in [5, 5.41) is 0. The maximum absolute atomic E-state index is 2.79. The van der Waals surface area contributed by atoms with Crippen LogP contribution in [0.3, 0.4) is 0 Å². The molecule has 0 spiro atoms. The largest absolute Gasteiger partial charge is 0.301 e. The maximum Gasteiger partial charge on any atom is 0.0120 e. The Hall–Kier alpha value is -0.0800. The second-order valence-corrected chi connectivity index (χ2v) is 8.04. The molecule has 0 bridgehead atoms. The fourth-order valence-electron chi connectivity index (χ4n) is 3.90. The van der Waals surface area contributed by atoms with E-state index in [4.69, 9.17) is 0 Å². The fourth-order valence-corrected chi connectivity index (χ4v) is 3.90. The Morgan fingerprint density at radius 3 is 1.79 bits per heavy atom. The smallest absolute Gasteiger partial charge is 0.0120 e. The van der Waals surface area contributed by atoms with Crippen LogP contribution in [0, 0.1) is 11.3 Å². The van der Waals surface area contributed by atoms with Gasteiger partial charge in [0.25, 0.3) is 0 Å². The molecule has 0 aromatic heterocycles. The van der Waals surface area contributed by atoms with E-state index in [2.05, 4.69) is 44.4 Å². The molecule has 0 aromatic rings. The minimum atomic E-state index is 0.507. The van der Waals surface area contributed by atoms with E-state index in [9.17, 15) is 0 Å². The molecule has 0 radical (unpaired) electrons. The van der Waals surface area contributed by atoms with E-state index in [1.54, 1.807) is 0 Å². The average Bonchev–Trinajstić information content (AvgIpc) is 2.38. The average molecular weight is 266 g/mol. The molecule has 0 amide bonds. The highest BCUT2D eigenvalue weighted by molar-refractivity contribution is 4.86. The molecule has 2 rings (SSSR count). The van der Waals surface area contributed by atoms with Crippen LogP contribution >= 0.6 is 0 Å². The zero-order chi connectivity index (χ0) is 14.0. The van der Waals surface area contributed by atoms with Gasteiger partial charge in [0, 0.05) is 12.1 Å². The number of piperidine rings is 2. The molecule has 2 fully saturated rings. The molecule has 0 aliphatic carbocycles. The second kappa shape index (κ2) is 6.13. The van der Waals surface area contributed by atoms with Gasteiger partial charge >= 0.3 is 0 Å². The van der Waals surface area contributed by atoms with Crippen LogP contribution in [-0.2, 0) is 0 Å². The van der Waals surface area contributed by atoms with Gasteiger partial charge in [0.1, 0.15) is 0 Å². The molecule has 0 N–H and O–H groups in total. The second-order valence-electron chi connectivity index (χ2n) is 8.04. The van der Waals surface area contributed by atoms with E-state index in [0.717, 1.165) is 18.0 Å². The molecule has 19 heavy (non-hydrogen) atoms. The van der Waals surface area contributed by atoms with Crippen LogP contribution in [0.25, 0.3) is 0 Å². The Morgan fingerprint density at radius 2 is 1.37 bits per heavy atom. The first-order chi connectivity index (χ1) is 8.88. The zero-order valence-electron chi connectivity index (χ0n) is 13.8. The fraction of sp³-hybridized carbons (Fsp3) is 1.00. The lowest BCUT2D eigenvalue weighted by molar-refractivity contribution is 0.0457. The van der Waals surface area contributed by atoms with Crippen LogP contribution in [0.5, 0.6) is 0 Å². The van der Waals surface area contributed by atoms with Crippen molar-refractivity contribution in [3.8, 4) is 0 Å². The van der Waals surface area contributed by atoms with Gasteiger partial charge in [-0.05, 0) is 77.0 Å². The summed E-state index contributed by atoms with van der Waals surface area (Å²) in [6.07, 6.45) is 5.60. The maximum atomic E-state index is 2.79. The Morgan fingerprint density at radius 1 is 0.842 bits per heavy atom. The van der Waals surface area contributed by atoms with Crippen LogP contribution in [0.15, 0.2) is 0 Å². The highest BCUT2D eigenvalue weighted by Crippen LogP contribution is 2.35. The highest BCUT2D eigenvalue weighted by Gasteiger charge is 2.32. The predicted octanol–water partition coefficient (Wildman–Crippen LogP) is 3.62. The minimum Gasteiger partial charge on any atom is -0.301 e. The zero-order valence-corrected chi connectivity index (χ0v) is 13.8. The van der Waals surface area contributed by atoms with Crippen LogP contribution in [0.1, 0.15) is 60.3 Å². The summed E-state index contributed by atoms with van der Waals surface area (Å²) in [7, 11) is 0. The van der Waals surface area contributed by atoms with Crippen molar-refractivity contribution in [3.63, 3.8) is 0 Å². The Kier molecular flexibility index (Phi) is 4.94. The lowest BCUT2D eigenvalue weighted by atomic mass is 9.75. The summed E-state index contributed by atoms with van der Waals surface area (Å²) in [5.74, 6) is 0.930. The van der Waals surface area contributed by atoms with Crippen molar-refractivity contribution in [2.45, 2.75) is 72.4 Å². The first-order valence-electron chi connectivity index (χ1n) is 8.36. The normalized spacial score (nSPS) is 26.2. The molecule has 0 unspecified atom stereocenters. The molecule has 112 valence electrons. The third-order valence-electron chi connectivity index (χ3n) is 5.50. The molecule has 0 atom stereocenters. The number of nitrogens with zero attached hydrogens (tertiary/aromatic N) is 2. The molecule has 2 aliphatic rings. The van der Waals surface area contributed by atoms with Crippen LogP contribution in [0.4, 0.5) is 0 Å². The monoisotopic (exact) mass is 266 g/mol. The summed E-state index contributed by atoms with van der Waals surface area (Å²) in [5.41, 5.74) is 0.507. The van der Waals surface area contributed by atoms with Crippen molar-refractivity contribution in [1.82, 2.24) is 9.80 Å². The van der Waals surface area contributed by atoms with Gasteiger partial charge in [0.15, 0.2) is 0 Å². The van der Waals surface area contributed by atoms with E-state index in [1.165, 1.54) is 51.9 Å². The molecule has 2 saturated heterocycles. The summed E-state index contributed by atoms with van der Waals surface area (Å²) < 4.78 is 0. The number of likely N-dealkylation sites (tertiary alicyclic amines) is 2. The summed E-state index contributed by atoms with van der Waals surface area (Å²) in [6.45, 7) is 17.2. The van der Waals surface area contributed by atoms with Gasteiger partial charge in [-0.15, -0.1) is 0 Å². The Labute approximate surface area is 120 Å². The van der Waals surface area contributed by atoms with Crippen molar-refractivity contribution in [3.05, 3.63) is 0 Å². The SMILES string of the molecule is CC(C)N1CCC(N2CCC(C(C)(C)C)CC2)CC1. The third-order valence-corrected chi connectivity index (χ3v) is 5.50. The first-order valence-corrected chi connectivity index (χ1v) is 8.36. The van der Waals surface area contributed by atoms with Crippen LogP contribution < -0.4 is 0 Å².